The van der Waals surface area contributed by atoms with E-state index in [4.69, 9.17) is 22.0 Å². The van der Waals surface area contributed by atoms with Crippen LogP contribution in [0.3, 0.4) is 0 Å². The third-order valence-electron chi connectivity index (χ3n) is 1.98. The van der Waals surface area contributed by atoms with E-state index in [1.54, 1.807) is 12.1 Å². The lowest BCUT2D eigenvalue weighted by molar-refractivity contribution is -0.137. The summed E-state index contributed by atoms with van der Waals surface area (Å²) in [4.78, 5) is 21.5. The van der Waals surface area contributed by atoms with Gasteiger partial charge in [-0.1, -0.05) is 11.6 Å². The summed E-state index contributed by atoms with van der Waals surface area (Å²) in [7, 11) is 0. The van der Waals surface area contributed by atoms with E-state index >= 15 is 0 Å². The number of anilines is 1. The highest BCUT2D eigenvalue weighted by atomic mass is 35.5. The van der Waals surface area contributed by atoms with Crippen LogP contribution in [-0.2, 0) is 9.59 Å². The van der Waals surface area contributed by atoms with Gasteiger partial charge < -0.3 is 15.7 Å². The Morgan fingerprint density at radius 2 is 2.11 bits per heavy atom. The van der Waals surface area contributed by atoms with Crippen LogP contribution in [0.25, 0.3) is 0 Å². The molecular formula is C11H10ClN3O3. The summed E-state index contributed by atoms with van der Waals surface area (Å²) in [6.45, 7) is -0.560. The Hall–Kier alpha value is -2.26. The fourth-order valence-corrected chi connectivity index (χ4v) is 1.35. The van der Waals surface area contributed by atoms with Crippen molar-refractivity contribution < 1.29 is 14.7 Å². The van der Waals surface area contributed by atoms with E-state index in [2.05, 4.69) is 10.6 Å². The van der Waals surface area contributed by atoms with E-state index in [1.807, 2.05) is 6.07 Å². The van der Waals surface area contributed by atoms with Gasteiger partial charge in [-0.25, -0.2) is 0 Å². The average molecular weight is 268 g/mol. The second-order valence-corrected chi connectivity index (χ2v) is 3.76. The lowest BCUT2D eigenvalue weighted by Crippen LogP contribution is -2.33. The first kappa shape index (κ1) is 13.8. The van der Waals surface area contributed by atoms with Crippen molar-refractivity contribution in [1.82, 2.24) is 5.32 Å². The topological polar surface area (TPSA) is 102 Å². The number of amides is 1. The van der Waals surface area contributed by atoms with Crippen molar-refractivity contribution >= 4 is 29.2 Å². The number of rotatable bonds is 5. The molecule has 0 aromatic heterocycles. The lowest BCUT2D eigenvalue weighted by atomic mass is 10.2. The Labute approximate surface area is 108 Å². The molecule has 0 aliphatic heterocycles. The van der Waals surface area contributed by atoms with Crippen LogP contribution in [0.15, 0.2) is 18.2 Å². The van der Waals surface area contributed by atoms with Gasteiger partial charge >= 0.3 is 5.97 Å². The Kier molecular flexibility index (Phi) is 4.96. The Bertz CT molecular complexity index is 511. The minimum Gasteiger partial charge on any atom is -0.480 e. The van der Waals surface area contributed by atoms with Crippen molar-refractivity contribution in [3.63, 3.8) is 0 Å². The maximum Gasteiger partial charge on any atom is 0.322 e. The Morgan fingerprint density at radius 3 is 2.72 bits per heavy atom. The number of aliphatic carboxylic acids is 1. The van der Waals surface area contributed by atoms with Crippen LogP contribution < -0.4 is 10.6 Å². The van der Waals surface area contributed by atoms with Crippen molar-refractivity contribution in [1.29, 1.82) is 5.26 Å². The molecule has 1 rings (SSSR count). The molecule has 1 aromatic rings. The molecule has 1 aromatic carbocycles. The minimum atomic E-state index is -1.12. The highest BCUT2D eigenvalue weighted by Gasteiger charge is 2.06. The molecular weight excluding hydrogens is 258 g/mol. The van der Waals surface area contributed by atoms with Gasteiger partial charge in [0.05, 0.1) is 17.8 Å². The first-order valence-corrected chi connectivity index (χ1v) is 5.32. The van der Waals surface area contributed by atoms with Gasteiger partial charge in [-0.15, -0.1) is 0 Å². The lowest BCUT2D eigenvalue weighted by Gasteiger charge is -2.08. The number of nitrogens with zero attached hydrogens (tertiary/aromatic N) is 1. The van der Waals surface area contributed by atoms with Crippen LogP contribution in [0.2, 0.25) is 5.02 Å². The normalized spacial score (nSPS) is 9.33. The Morgan fingerprint density at radius 1 is 1.39 bits per heavy atom. The molecule has 0 aliphatic carbocycles. The summed E-state index contributed by atoms with van der Waals surface area (Å²) in [6, 6.07) is 6.57. The summed E-state index contributed by atoms with van der Waals surface area (Å²) in [5, 5.41) is 22.6. The number of halogens is 1. The molecule has 0 atom stereocenters. The highest BCUT2D eigenvalue weighted by Crippen LogP contribution is 2.19. The number of hydrogen-bond donors (Lipinski definition) is 3. The van der Waals surface area contributed by atoms with Crippen LogP contribution >= 0.6 is 11.6 Å². The molecule has 1 amide bonds. The van der Waals surface area contributed by atoms with Crippen LogP contribution in [0.1, 0.15) is 5.56 Å². The van der Waals surface area contributed by atoms with Crippen molar-refractivity contribution in [2.75, 3.05) is 18.4 Å². The third-order valence-corrected chi connectivity index (χ3v) is 2.21. The van der Waals surface area contributed by atoms with Gasteiger partial charge in [0.15, 0.2) is 0 Å². The molecule has 0 saturated heterocycles. The maximum atomic E-state index is 11.2. The summed E-state index contributed by atoms with van der Waals surface area (Å²) >= 11 is 5.72. The molecule has 0 spiro atoms. The maximum absolute atomic E-state index is 11.2. The molecule has 0 bridgehead atoms. The van der Waals surface area contributed by atoms with Crippen LogP contribution in [0.4, 0.5) is 5.69 Å². The molecule has 7 heteroatoms. The molecule has 94 valence electrons. The van der Waals surface area contributed by atoms with Gasteiger partial charge in [-0.05, 0) is 18.2 Å². The summed E-state index contributed by atoms with van der Waals surface area (Å²) in [6.07, 6.45) is 0. The van der Waals surface area contributed by atoms with Crippen molar-refractivity contribution in [3.05, 3.63) is 28.8 Å². The van der Waals surface area contributed by atoms with Crippen molar-refractivity contribution in [2.45, 2.75) is 0 Å². The fraction of sp³-hybridized carbons (Fsp3) is 0.182. The molecule has 0 fully saturated rings. The summed E-state index contributed by atoms with van der Waals surface area (Å²) < 4.78 is 0. The molecule has 0 radical (unpaired) electrons. The summed E-state index contributed by atoms with van der Waals surface area (Å²) in [5.74, 6) is -1.59. The van der Waals surface area contributed by atoms with E-state index < -0.39 is 18.4 Å². The largest absolute Gasteiger partial charge is 0.480 e. The predicted molar refractivity (Wildman–Crippen MR) is 65.3 cm³/mol. The molecule has 6 nitrogen and oxygen atoms in total. The first-order valence-electron chi connectivity index (χ1n) is 4.95. The third kappa shape index (κ3) is 4.31. The number of carbonyl (C=O) groups is 2. The highest BCUT2D eigenvalue weighted by molar-refractivity contribution is 6.30. The second-order valence-electron chi connectivity index (χ2n) is 3.33. The molecule has 0 saturated carbocycles. The van der Waals surface area contributed by atoms with E-state index in [1.165, 1.54) is 6.07 Å². The zero-order valence-electron chi connectivity index (χ0n) is 9.24. The number of carboxylic acids is 1. The monoisotopic (exact) mass is 267 g/mol. The van der Waals surface area contributed by atoms with Crippen LogP contribution in [0.5, 0.6) is 0 Å². The van der Waals surface area contributed by atoms with Gasteiger partial charge in [0.25, 0.3) is 0 Å². The number of benzene rings is 1. The van der Waals surface area contributed by atoms with Gasteiger partial charge in [0.2, 0.25) is 5.91 Å². The molecule has 0 aliphatic rings. The number of nitriles is 1. The molecule has 3 N–H and O–H groups in total. The zero-order chi connectivity index (χ0) is 13.5. The zero-order valence-corrected chi connectivity index (χ0v) is 9.99. The van der Waals surface area contributed by atoms with Gasteiger partial charge in [-0.2, -0.15) is 5.26 Å². The second kappa shape index (κ2) is 6.47. The molecule has 0 heterocycles. The van der Waals surface area contributed by atoms with E-state index in [0.717, 1.165) is 0 Å². The number of carboxylic acid groups (broad SMARTS) is 1. The Balaban J connectivity index is 2.56. The van der Waals surface area contributed by atoms with Crippen molar-refractivity contribution in [2.24, 2.45) is 0 Å². The number of carbonyl (C=O) groups excluding carboxylic acids is 1. The molecule has 0 unspecified atom stereocenters. The minimum absolute atomic E-state index is 0.121. The standard InChI is InChI=1S/C11H10ClN3O3/c12-8-1-2-9(7(3-8)4-13)14-5-10(16)15-6-11(17)18/h1-3,14H,5-6H2,(H,15,16)(H,17,18). The van der Waals surface area contributed by atoms with Crippen LogP contribution in [-0.4, -0.2) is 30.1 Å². The van der Waals surface area contributed by atoms with E-state index in [0.29, 0.717) is 16.3 Å². The van der Waals surface area contributed by atoms with Crippen molar-refractivity contribution in [3.8, 4) is 6.07 Å². The van der Waals surface area contributed by atoms with E-state index in [-0.39, 0.29) is 6.54 Å². The van der Waals surface area contributed by atoms with E-state index in [9.17, 15) is 9.59 Å². The molecule has 18 heavy (non-hydrogen) atoms. The van der Waals surface area contributed by atoms with Gasteiger partial charge in [-0.3, -0.25) is 9.59 Å². The predicted octanol–water partition coefficient (Wildman–Crippen LogP) is 0.824. The number of hydrogen-bond acceptors (Lipinski definition) is 4. The van der Waals surface area contributed by atoms with Crippen LogP contribution in [0, 0.1) is 11.3 Å². The average Bonchev–Trinajstić information content (AvgIpc) is 2.34. The number of nitrogens with one attached hydrogen (secondary N) is 2. The quantitative estimate of drug-likeness (QED) is 0.733. The smallest absolute Gasteiger partial charge is 0.322 e. The first-order chi connectivity index (χ1) is 8.52. The van der Waals surface area contributed by atoms with Gasteiger partial charge in [0, 0.05) is 5.02 Å². The summed E-state index contributed by atoms with van der Waals surface area (Å²) in [5.41, 5.74) is 0.779. The van der Waals surface area contributed by atoms with Gasteiger partial charge in [0.1, 0.15) is 12.6 Å². The SMILES string of the molecule is N#Cc1cc(Cl)ccc1NCC(=O)NCC(=O)O. The fourth-order valence-electron chi connectivity index (χ4n) is 1.18.